The third-order valence-corrected chi connectivity index (χ3v) is 14.7. The molecule has 354 valence electrons. The molecule has 0 radical (unpaired) electrons. The van der Waals surface area contributed by atoms with E-state index in [-0.39, 0.29) is 5.92 Å². The molecule has 0 N–H and O–H groups in total. The van der Waals surface area contributed by atoms with Crippen molar-refractivity contribution in [2.75, 3.05) is 4.90 Å². The smallest absolute Gasteiger partial charge is 0.0620 e. The van der Waals surface area contributed by atoms with Crippen LogP contribution in [0.15, 0.2) is 309 Å². The highest BCUT2D eigenvalue weighted by Gasteiger charge is 2.25. The summed E-state index contributed by atoms with van der Waals surface area (Å²) in [6.45, 7) is 0. The lowest BCUT2D eigenvalue weighted by molar-refractivity contribution is 0.977. The van der Waals surface area contributed by atoms with Crippen LogP contribution >= 0.6 is 0 Å². The highest BCUT2D eigenvalue weighted by Crippen LogP contribution is 2.48. The Kier molecular flexibility index (Phi) is 12.1. The van der Waals surface area contributed by atoms with Crippen LogP contribution in [0, 0.1) is 0 Å². The van der Waals surface area contributed by atoms with Gasteiger partial charge < -0.3 is 9.47 Å². The summed E-state index contributed by atoms with van der Waals surface area (Å²) in [5, 5.41) is 3.60. The second kappa shape index (κ2) is 20.0. The lowest BCUT2D eigenvalue weighted by Gasteiger charge is -2.27. The Morgan fingerprint density at radius 3 is 1.12 bits per heavy atom. The molecule has 0 aliphatic heterocycles. The summed E-state index contributed by atoms with van der Waals surface area (Å²) in [4.78, 5) is 2.38. The minimum absolute atomic E-state index is 0.106. The van der Waals surface area contributed by atoms with Gasteiger partial charge in [-0.15, -0.1) is 0 Å². The van der Waals surface area contributed by atoms with Crippen molar-refractivity contribution in [1.82, 2.24) is 4.57 Å². The summed E-state index contributed by atoms with van der Waals surface area (Å²) >= 11 is 0. The van der Waals surface area contributed by atoms with E-state index in [0.29, 0.717) is 0 Å². The molecule has 0 bridgehead atoms. The van der Waals surface area contributed by atoms with Crippen molar-refractivity contribution >= 4 is 38.7 Å². The van der Waals surface area contributed by atoms with E-state index < -0.39 is 0 Å². The number of hydrogen-bond acceptors (Lipinski definition) is 1. The van der Waals surface area contributed by atoms with Crippen molar-refractivity contribution in [3.05, 3.63) is 326 Å². The van der Waals surface area contributed by atoms with E-state index in [1.807, 2.05) is 0 Å². The van der Waals surface area contributed by atoms with E-state index in [0.717, 1.165) is 33.9 Å². The quantitative estimate of drug-likeness (QED) is 0.111. The number of nitrogens with zero attached hydrogens (tertiary/aromatic N) is 2. The van der Waals surface area contributed by atoms with Crippen molar-refractivity contribution in [2.24, 2.45) is 0 Å². The molecular weight excluding hydrogens is 905 g/mol. The maximum atomic E-state index is 2.51. The van der Waals surface area contributed by atoms with E-state index in [9.17, 15) is 0 Å². The highest BCUT2D eigenvalue weighted by atomic mass is 15.1. The molecule has 1 heterocycles. The Bertz CT molecular complexity index is 3980. The summed E-state index contributed by atoms with van der Waals surface area (Å²) in [5.41, 5.74) is 21.2. The van der Waals surface area contributed by atoms with E-state index >= 15 is 0 Å². The minimum atomic E-state index is 0.106. The van der Waals surface area contributed by atoms with Gasteiger partial charge in [0.25, 0.3) is 0 Å². The van der Waals surface area contributed by atoms with Gasteiger partial charge in [0.15, 0.2) is 0 Å². The number of rotatable bonds is 12. The van der Waals surface area contributed by atoms with Crippen LogP contribution in [-0.4, -0.2) is 4.57 Å². The van der Waals surface area contributed by atoms with Gasteiger partial charge in [-0.1, -0.05) is 255 Å². The van der Waals surface area contributed by atoms with Crippen molar-refractivity contribution in [3.63, 3.8) is 0 Å². The van der Waals surface area contributed by atoms with Crippen LogP contribution in [0.1, 0.15) is 22.6 Å². The third kappa shape index (κ3) is 8.69. The molecule has 0 unspecified atom stereocenters. The van der Waals surface area contributed by atoms with Gasteiger partial charge in [-0.2, -0.15) is 0 Å². The zero-order chi connectivity index (χ0) is 49.9. The van der Waals surface area contributed by atoms with Crippen molar-refractivity contribution in [1.29, 1.82) is 0 Å². The Morgan fingerprint density at radius 1 is 0.267 bits per heavy atom. The van der Waals surface area contributed by atoms with Gasteiger partial charge in [0, 0.05) is 45.0 Å². The number of anilines is 3. The zero-order valence-electron chi connectivity index (χ0n) is 41.4. The second-order valence-corrected chi connectivity index (χ2v) is 19.2. The lowest BCUT2D eigenvalue weighted by atomic mass is 9.85. The molecule has 0 spiro atoms. The van der Waals surface area contributed by atoms with Gasteiger partial charge >= 0.3 is 0 Å². The van der Waals surface area contributed by atoms with Crippen LogP contribution in [-0.2, 0) is 0 Å². The topological polar surface area (TPSA) is 8.17 Å². The highest BCUT2D eigenvalue weighted by molar-refractivity contribution is 6.20. The molecule has 2 nitrogen and oxygen atoms in total. The number of hydrogen-bond donors (Lipinski definition) is 0. The van der Waals surface area contributed by atoms with Crippen LogP contribution < -0.4 is 4.90 Å². The van der Waals surface area contributed by atoms with Gasteiger partial charge in [-0.05, 0) is 121 Å². The molecule has 2 heteroatoms. The Labute approximate surface area is 439 Å². The minimum Gasteiger partial charge on any atom is -0.311 e. The van der Waals surface area contributed by atoms with E-state index in [2.05, 4.69) is 319 Å². The lowest BCUT2D eigenvalue weighted by Crippen LogP contribution is -2.10. The van der Waals surface area contributed by atoms with Crippen LogP contribution in [0.2, 0.25) is 0 Å². The number of fused-ring (bicyclic) bond motifs is 3. The predicted octanol–water partition coefficient (Wildman–Crippen LogP) is 19.8. The zero-order valence-corrected chi connectivity index (χ0v) is 41.4. The fraction of sp³-hybridized carbons (Fsp3) is 0.0137. The molecule has 0 fully saturated rings. The van der Waals surface area contributed by atoms with Gasteiger partial charge in [0.05, 0.1) is 11.2 Å². The first kappa shape index (κ1) is 45.1. The SMILES string of the molecule is c1ccc(-c2ccc(N(c3ccc(-c4cc5c(-c6ccccc6)c(-c6ccccc6)n(-c6ccc(-c7ccccc7)cc6)c5c5ccccc45)cc3)c3ccc(C(c4ccccc4)c4ccccc4)cc3)cc2)cc1. The molecule has 13 aromatic rings. The molecule has 1 aromatic heterocycles. The average Bonchev–Trinajstić information content (AvgIpc) is 3.89. The summed E-state index contributed by atoms with van der Waals surface area (Å²) in [6.07, 6.45) is 0. The van der Waals surface area contributed by atoms with Crippen LogP contribution in [0.3, 0.4) is 0 Å². The molecule has 12 aromatic carbocycles. The van der Waals surface area contributed by atoms with Crippen LogP contribution in [0.25, 0.3) is 83.1 Å². The molecule has 0 aliphatic rings. The van der Waals surface area contributed by atoms with Crippen molar-refractivity contribution in [3.8, 4) is 61.5 Å². The molecule has 0 saturated heterocycles. The van der Waals surface area contributed by atoms with E-state index in [1.165, 1.54) is 83.0 Å². The first-order valence-electron chi connectivity index (χ1n) is 25.9. The molecule has 0 amide bonds. The fourth-order valence-corrected chi connectivity index (χ4v) is 11.2. The van der Waals surface area contributed by atoms with Gasteiger partial charge in [0.2, 0.25) is 0 Å². The van der Waals surface area contributed by atoms with E-state index in [4.69, 9.17) is 0 Å². The largest absolute Gasteiger partial charge is 0.311 e. The first-order valence-corrected chi connectivity index (χ1v) is 25.9. The Hall–Kier alpha value is -9.76. The predicted molar refractivity (Wildman–Crippen MR) is 316 cm³/mol. The average molecular weight is 957 g/mol. The summed E-state index contributed by atoms with van der Waals surface area (Å²) in [6, 6.07) is 113. The maximum absolute atomic E-state index is 2.51. The van der Waals surface area contributed by atoms with Crippen LogP contribution in [0.4, 0.5) is 17.1 Å². The standard InChI is InChI=1S/C73H52N2/c1-7-21-52(22-8-1)54-35-43-62(44-36-54)74(64-49-41-60(42-50-64)70(57-25-11-3-12-26-57)58-27-13-4-14-28-58)63-47-39-56(40-48-63)68-51-69-71(59-29-15-5-16-30-59)72(61-31-17-6-18-32-61)75(73(69)67-34-20-19-33-66(67)68)65-45-37-55(38-46-65)53-23-9-2-10-24-53/h1-51,70H. The van der Waals surface area contributed by atoms with E-state index in [1.54, 1.807) is 0 Å². The monoisotopic (exact) mass is 956 g/mol. The number of benzene rings is 12. The molecule has 75 heavy (non-hydrogen) atoms. The second-order valence-electron chi connectivity index (χ2n) is 19.2. The molecule has 0 aliphatic carbocycles. The van der Waals surface area contributed by atoms with Crippen LogP contribution in [0.5, 0.6) is 0 Å². The molecular formula is C73H52N2. The van der Waals surface area contributed by atoms with Crippen molar-refractivity contribution < 1.29 is 0 Å². The van der Waals surface area contributed by atoms with Gasteiger partial charge in [-0.25, -0.2) is 0 Å². The summed E-state index contributed by atoms with van der Waals surface area (Å²) in [5.74, 6) is 0.106. The maximum Gasteiger partial charge on any atom is 0.0620 e. The molecule has 13 rings (SSSR count). The van der Waals surface area contributed by atoms with Crippen molar-refractivity contribution in [2.45, 2.75) is 5.92 Å². The normalized spacial score (nSPS) is 11.3. The molecule has 0 atom stereocenters. The summed E-state index contributed by atoms with van der Waals surface area (Å²) in [7, 11) is 0. The first-order chi connectivity index (χ1) is 37.2. The summed E-state index contributed by atoms with van der Waals surface area (Å²) < 4.78 is 2.51. The van der Waals surface area contributed by atoms with Gasteiger partial charge in [-0.3, -0.25) is 0 Å². The van der Waals surface area contributed by atoms with Gasteiger partial charge in [0.1, 0.15) is 0 Å². The Balaban J connectivity index is 0.965. The number of aromatic nitrogens is 1. The third-order valence-electron chi connectivity index (χ3n) is 14.7. The fourth-order valence-electron chi connectivity index (χ4n) is 11.2. The Morgan fingerprint density at radius 2 is 0.627 bits per heavy atom. The molecule has 0 saturated carbocycles.